The maximum atomic E-state index is 14.1. The lowest BCUT2D eigenvalue weighted by Gasteiger charge is -2.43. The van der Waals surface area contributed by atoms with Gasteiger partial charge in [0.1, 0.15) is 5.82 Å². The molecule has 1 fully saturated rings. The van der Waals surface area contributed by atoms with E-state index in [4.69, 9.17) is 0 Å². The average molecular weight is 564 g/mol. The summed E-state index contributed by atoms with van der Waals surface area (Å²) in [6, 6.07) is -1.17. The summed E-state index contributed by atoms with van der Waals surface area (Å²) < 4.78 is 69.2. The summed E-state index contributed by atoms with van der Waals surface area (Å²) >= 11 is 0. The summed E-state index contributed by atoms with van der Waals surface area (Å²) in [7, 11) is 0. The number of rotatable bonds is 7. The maximum Gasteiger partial charge on any atom is 0.433 e. The van der Waals surface area contributed by atoms with Crippen LogP contribution in [0.2, 0.25) is 0 Å². The van der Waals surface area contributed by atoms with Crippen LogP contribution in [-0.2, 0) is 35.2 Å². The molecule has 14 heteroatoms. The van der Waals surface area contributed by atoms with E-state index in [0.29, 0.717) is 6.42 Å². The number of aryl methyl sites for hydroxylation is 1. The molecule has 3 rings (SSSR count). The zero-order valence-corrected chi connectivity index (χ0v) is 22.4. The van der Waals surface area contributed by atoms with Crippen molar-refractivity contribution in [3.05, 3.63) is 22.8 Å². The van der Waals surface area contributed by atoms with E-state index >= 15 is 0 Å². The van der Waals surface area contributed by atoms with Crippen LogP contribution in [0.1, 0.15) is 76.2 Å². The van der Waals surface area contributed by atoms with Crippen molar-refractivity contribution in [2.24, 2.45) is 0 Å². The Bertz CT molecular complexity index is 1110. The molecule has 3 amide bonds. The van der Waals surface area contributed by atoms with Gasteiger partial charge in [-0.05, 0) is 33.6 Å². The van der Waals surface area contributed by atoms with Crippen LogP contribution in [-0.4, -0.2) is 84.8 Å². The molecule has 0 bridgehead atoms. The third-order valence-corrected chi connectivity index (χ3v) is 6.82. The molecule has 1 N–H and O–H groups in total. The summed E-state index contributed by atoms with van der Waals surface area (Å²) in [5.74, 6) is -4.27. The second-order valence-corrected chi connectivity index (χ2v) is 11.0. The first-order valence-corrected chi connectivity index (χ1v) is 12.8. The number of carbonyl (C=O) groups excluding carboxylic acids is 2. The first-order valence-electron chi connectivity index (χ1n) is 12.8. The third kappa shape index (κ3) is 7.33. The summed E-state index contributed by atoms with van der Waals surface area (Å²) in [5.41, 5.74) is -2.06. The number of aromatic nitrogens is 2. The van der Waals surface area contributed by atoms with Crippen LogP contribution in [0.4, 0.5) is 26.7 Å². The van der Waals surface area contributed by atoms with Crippen LogP contribution < -0.4 is 0 Å². The van der Waals surface area contributed by atoms with E-state index in [0.717, 1.165) is 9.80 Å². The van der Waals surface area contributed by atoms with E-state index < -0.39 is 79.6 Å². The Kier molecular flexibility index (Phi) is 8.76. The Hall–Kier alpha value is -3.06. The first-order chi connectivity index (χ1) is 17.9. The minimum Gasteiger partial charge on any atom is -0.465 e. The van der Waals surface area contributed by atoms with Gasteiger partial charge in [-0.15, -0.1) is 0 Å². The lowest BCUT2D eigenvalue weighted by Crippen LogP contribution is -2.58. The minimum atomic E-state index is -4.69. The van der Waals surface area contributed by atoms with Gasteiger partial charge in [-0.3, -0.25) is 14.5 Å². The Morgan fingerprint density at radius 3 is 2.38 bits per heavy atom. The highest BCUT2D eigenvalue weighted by Gasteiger charge is 2.43. The number of hydrogen-bond donors (Lipinski definition) is 1. The number of alkyl halides is 5. The molecule has 1 aromatic heterocycles. The zero-order valence-electron chi connectivity index (χ0n) is 22.4. The minimum absolute atomic E-state index is 0.0186. The highest BCUT2D eigenvalue weighted by atomic mass is 19.4. The fraction of sp³-hybridized carbons (Fsp3) is 0.720. The quantitative estimate of drug-likeness (QED) is 0.500. The van der Waals surface area contributed by atoms with Gasteiger partial charge in [0.05, 0.1) is 24.8 Å². The van der Waals surface area contributed by atoms with Gasteiger partial charge in [-0.2, -0.15) is 13.2 Å². The van der Waals surface area contributed by atoms with Crippen molar-refractivity contribution in [1.82, 2.24) is 24.7 Å². The Labute approximate surface area is 223 Å². The van der Waals surface area contributed by atoms with Gasteiger partial charge in [0.2, 0.25) is 11.8 Å². The number of nitrogens with zero attached hydrogens (tertiary/aromatic N) is 5. The second-order valence-electron chi connectivity index (χ2n) is 11.0. The predicted octanol–water partition coefficient (Wildman–Crippen LogP) is 4.13. The van der Waals surface area contributed by atoms with Crippen molar-refractivity contribution in [3.63, 3.8) is 0 Å². The topological polar surface area (TPSA) is 107 Å². The lowest BCUT2D eigenvalue weighted by atomic mass is 9.98. The monoisotopic (exact) mass is 563 g/mol. The number of hydrogen-bond acceptors (Lipinski definition) is 5. The number of carbonyl (C=O) groups is 3. The molecule has 1 atom stereocenters. The number of carboxylic acid groups (broad SMARTS) is 1. The van der Waals surface area contributed by atoms with Gasteiger partial charge in [0, 0.05) is 49.9 Å². The number of fused-ring (bicyclic) bond motifs is 1. The van der Waals surface area contributed by atoms with Crippen molar-refractivity contribution in [2.75, 3.05) is 19.6 Å². The molecule has 3 heterocycles. The summed E-state index contributed by atoms with van der Waals surface area (Å²) in [4.78, 5) is 49.1. The van der Waals surface area contributed by atoms with Gasteiger partial charge in [-0.25, -0.2) is 23.5 Å². The first kappa shape index (κ1) is 30.5. The average Bonchev–Trinajstić information content (AvgIpc) is 2.78. The van der Waals surface area contributed by atoms with Crippen LogP contribution >= 0.6 is 0 Å². The van der Waals surface area contributed by atoms with Gasteiger partial charge in [-0.1, -0.05) is 6.92 Å². The predicted molar refractivity (Wildman–Crippen MR) is 129 cm³/mol. The molecule has 0 radical (unpaired) electrons. The molecule has 1 saturated heterocycles. The molecule has 218 valence electrons. The van der Waals surface area contributed by atoms with E-state index in [9.17, 15) is 41.4 Å². The van der Waals surface area contributed by atoms with Crippen LogP contribution in [0.25, 0.3) is 0 Å². The molecule has 2 aliphatic heterocycles. The van der Waals surface area contributed by atoms with Crippen LogP contribution in [0.15, 0.2) is 0 Å². The number of likely N-dealkylation sites (tertiary alicyclic amines) is 1. The normalized spacial score (nSPS) is 18.5. The Morgan fingerprint density at radius 1 is 1.15 bits per heavy atom. The van der Waals surface area contributed by atoms with E-state index in [-0.39, 0.29) is 43.0 Å². The molecule has 0 aliphatic carbocycles. The second kappa shape index (κ2) is 11.2. The number of halogens is 5. The van der Waals surface area contributed by atoms with Gasteiger partial charge < -0.3 is 14.9 Å². The molecular formula is C25H34F5N5O4. The van der Waals surface area contributed by atoms with E-state index in [1.54, 1.807) is 27.7 Å². The Morgan fingerprint density at radius 2 is 1.82 bits per heavy atom. The molecular weight excluding hydrogens is 529 g/mol. The summed E-state index contributed by atoms with van der Waals surface area (Å²) in [5, 5.41) is 9.94. The zero-order chi connectivity index (χ0) is 29.3. The molecule has 1 aromatic rings. The van der Waals surface area contributed by atoms with Crippen LogP contribution in [0.3, 0.4) is 0 Å². The van der Waals surface area contributed by atoms with Crippen molar-refractivity contribution < 1.29 is 41.4 Å². The Balaban J connectivity index is 1.89. The third-order valence-electron chi connectivity index (χ3n) is 6.82. The van der Waals surface area contributed by atoms with Crippen molar-refractivity contribution in [3.8, 4) is 0 Å². The largest absolute Gasteiger partial charge is 0.465 e. The molecule has 2 aliphatic rings. The maximum absolute atomic E-state index is 14.1. The van der Waals surface area contributed by atoms with Crippen molar-refractivity contribution in [1.29, 1.82) is 0 Å². The van der Waals surface area contributed by atoms with Gasteiger partial charge >= 0.3 is 12.3 Å². The number of amides is 3. The van der Waals surface area contributed by atoms with E-state index in [1.165, 1.54) is 4.90 Å². The van der Waals surface area contributed by atoms with E-state index in [2.05, 4.69) is 9.97 Å². The van der Waals surface area contributed by atoms with Gasteiger partial charge in [0.15, 0.2) is 5.69 Å². The summed E-state index contributed by atoms with van der Waals surface area (Å²) in [6.45, 7) is 4.89. The van der Waals surface area contributed by atoms with Crippen LogP contribution in [0, 0.1) is 0 Å². The van der Waals surface area contributed by atoms with Gasteiger partial charge in [0.25, 0.3) is 5.92 Å². The highest BCUT2D eigenvalue weighted by Crippen LogP contribution is 2.34. The molecule has 0 aromatic carbocycles. The van der Waals surface area contributed by atoms with Crippen molar-refractivity contribution in [2.45, 2.75) is 96.4 Å². The molecule has 0 saturated carbocycles. The summed E-state index contributed by atoms with van der Waals surface area (Å²) in [6.07, 6.45) is -6.95. The van der Waals surface area contributed by atoms with Crippen molar-refractivity contribution >= 4 is 17.9 Å². The smallest absolute Gasteiger partial charge is 0.433 e. The molecule has 0 spiro atoms. The number of piperidine rings is 1. The fourth-order valence-electron chi connectivity index (χ4n) is 5.14. The molecule has 0 unspecified atom stereocenters. The molecule has 9 nitrogen and oxygen atoms in total. The fourth-order valence-corrected chi connectivity index (χ4v) is 5.14. The lowest BCUT2D eigenvalue weighted by molar-refractivity contribution is -0.149. The molecule has 39 heavy (non-hydrogen) atoms. The van der Waals surface area contributed by atoms with Crippen LogP contribution in [0.5, 0.6) is 0 Å². The highest BCUT2D eigenvalue weighted by molar-refractivity contribution is 5.79. The van der Waals surface area contributed by atoms with E-state index in [1.807, 2.05) is 0 Å². The standard InChI is InChI=1S/C25H34F5N5O4/c1-5-6-18-31-17-13-33(10-8-16(17)21(32-18)25(28,29)30)20(37)11-15(35(22(38)39)23(2,3)4)12-34-14-24(26,27)9-7-19(34)36/h15H,5-14H2,1-4H3,(H,38,39)/t15-/m0/s1. The SMILES string of the molecule is CCCc1nc2c(c(C(F)(F)F)n1)CCN(C(=O)C[C@@H](CN1CC(F)(F)CCC1=O)N(C(=O)O)C(C)(C)C)C2.